The van der Waals surface area contributed by atoms with Crippen molar-refractivity contribution < 1.29 is 4.79 Å². The number of nitrogens with zero attached hydrogens (tertiary/aromatic N) is 2. The summed E-state index contributed by atoms with van der Waals surface area (Å²) in [6.07, 6.45) is 0.831. The largest absolute Gasteiger partial charge is 0.321 e. The number of carbonyl (C=O) groups excluding carboxylic acids is 1. The first kappa shape index (κ1) is 10.9. The topological polar surface area (TPSA) is 34.9 Å². The van der Waals surface area contributed by atoms with Gasteiger partial charge in [0.15, 0.2) is 12.1 Å². The maximum absolute atomic E-state index is 11.0. The minimum Gasteiger partial charge on any atom is -0.321 e. The fourth-order valence-corrected chi connectivity index (χ4v) is 1.90. The average molecular weight is 216 g/mol. The van der Waals surface area contributed by atoms with Gasteiger partial charge in [0.05, 0.1) is 11.0 Å². The molecular weight excluding hydrogens is 200 g/mol. The van der Waals surface area contributed by atoms with Crippen LogP contribution in [0.1, 0.15) is 30.0 Å². The molecule has 0 aliphatic rings. The van der Waals surface area contributed by atoms with Crippen LogP contribution in [0.4, 0.5) is 0 Å². The van der Waals surface area contributed by atoms with E-state index in [-0.39, 0.29) is 0 Å². The zero-order valence-corrected chi connectivity index (χ0v) is 9.90. The maximum Gasteiger partial charge on any atom is 0.185 e. The van der Waals surface area contributed by atoms with Gasteiger partial charge in [-0.25, -0.2) is 4.98 Å². The van der Waals surface area contributed by atoms with Crippen LogP contribution in [0.25, 0.3) is 11.0 Å². The fraction of sp³-hybridized carbons (Fsp3) is 0.385. The molecule has 0 atom stereocenters. The number of aldehydes is 1. The zero-order chi connectivity index (χ0) is 11.7. The van der Waals surface area contributed by atoms with Crippen LogP contribution >= 0.6 is 0 Å². The number of rotatable bonds is 3. The molecule has 0 bridgehead atoms. The highest BCUT2D eigenvalue weighted by atomic mass is 16.1. The van der Waals surface area contributed by atoms with E-state index in [2.05, 4.69) is 24.9 Å². The number of fused-ring (bicyclic) bond motifs is 1. The summed E-state index contributed by atoms with van der Waals surface area (Å²) in [5.74, 6) is 1.02. The highest BCUT2D eigenvalue weighted by molar-refractivity contribution is 5.83. The molecule has 2 aromatic rings. The van der Waals surface area contributed by atoms with Crippen molar-refractivity contribution in [3.63, 3.8) is 0 Å². The second-order valence-electron chi connectivity index (χ2n) is 4.58. The lowest BCUT2D eigenvalue weighted by Gasteiger charge is -2.09. The molecule has 0 saturated carbocycles. The van der Waals surface area contributed by atoms with Crippen LogP contribution in [-0.4, -0.2) is 15.8 Å². The lowest BCUT2D eigenvalue weighted by molar-refractivity contribution is 0.111. The summed E-state index contributed by atoms with van der Waals surface area (Å²) in [5, 5.41) is 0. The molecule has 84 valence electrons. The van der Waals surface area contributed by atoms with Gasteiger partial charge < -0.3 is 4.57 Å². The van der Waals surface area contributed by atoms with Crippen LogP contribution in [-0.2, 0) is 6.54 Å². The van der Waals surface area contributed by atoms with E-state index < -0.39 is 0 Å². The van der Waals surface area contributed by atoms with Gasteiger partial charge in [-0.2, -0.15) is 0 Å². The Balaban J connectivity index is 2.65. The van der Waals surface area contributed by atoms with Crippen LogP contribution in [0.15, 0.2) is 18.2 Å². The molecule has 0 aliphatic heterocycles. The molecule has 0 amide bonds. The Morgan fingerprint density at radius 1 is 1.44 bits per heavy atom. The molecule has 2 rings (SSSR count). The summed E-state index contributed by atoms with van der Waals surface area (Å²) in [6, 6.07) is 6.07. The molecule has 0 unspecified atom stereocenters. The third kappa shape index (κ3) is 1.85. The van der Waals surface area contributed by atoms with Gasteiger partial charge in [-0.15, -0.1) is 0 Å². The lowest BCUT2D eigenvalue weighted by Crippen LogP contribution is -2.07. The summed E-state index contributed by atoms with van der Waals surface area (Å²) in [6.45, 7) is 7.15. The molecule has 0 N–H and O–H groups in total. The Morgan fingerprint density at radius 2 is 2.19 bits per heavy atom. The van der Waals surface area contributed by atoms with E-state index in [1.165, 1.54) is 5.56 Å². The molecule has 0 aliphatic carbocycles. The summed E-state index contributed by atoms with van der Waals surface area (Å²) in [7, 11) is 0. The maximum atomic E-state index is 11.0. The van der Waals surface area contributed by atoms with Gasteiger partial charge in [-0.05, 0) is 30.5 Å². The number of hydrogen-bond acceptors (Lipinski definition) is 2. The summed E-state index contributed by atoms with van der Waals surface area (Å²) < 4.78 is 2.00. The summed E-state index contributed by atoms with van der Waals surface area (Å²) >= 11 is 0. The lowest BCUT2D eigenvalue weighted by atomic mass is 10.2. The van der Waals surface area contributed by atoms with Gasteiger partial charge in [0.2, 0.25) is 0 Å². The van der Waals surface area contributed by atoms with E-state index in [4.69, 9.17) is 0 Å². The fourth-order valence-electron chi connectivity index (χ4n) is 1.90. The smallest absolute Gasteiger partial charge is 0.185 e. The van der Waals surface area contributed by atoms with E-state index in [1.54, 1.807) is 0 Å². The third-order valence-electron chi connectivity index (χ3n) is 2.59. The Morgan fingerprint density at radius 3 is 2.81 bits per heavy atom. The number of hydrogen-bond donors (Lipinski definition) is 0. The van der Waals surface area contributed by atoms with Gasteiger partial charge in [0, 0.05) is 6.54 Å². The predicted octanol–water partition coefficient (Wildman–Crippen LogP) is 2.81. The highest BCUT2D eigenvalue weighted by Gasteiger charge is 2.10. The zero-order valence-electron chi connectivity index (χ0n) is 9.90. The minimum atomic E-state index is 0.497. The van der Waals surface area contributed by atoms with Crippen LogP contribution in [0, 0.1) is 12.8 Å². The van der Waals surface area contributed by atoms with E-state index in [1.807, 2.05) is 23.6 Å². The molecule has 1 aromatic heterocycles. The van der Waals surface area contributed by atoms with Gasteiger partial charge in [-0.1, -0.05) is 19.9 Å². The van der Waals surface area contributed by atoms with Crippen molar-refractivity contribution in [3.05, 3.63) is 29.6 Å². The van der Waals surface area contributed by atoms with E-state index in [0.29, 0.717) is 11.7 Å². The third-order valence-corrected chi connectivity index (χ3v) is 2.59. The number of aromatic nitrogens is 2. The number of imidazole rings is 1. The van der Waals surface area contributed by atoms with Crippen LogP contribution in [0.2, 0.25) is 0 Å². The van der Waals surface area contributed by atoms with Crippen LogP contribution in [0.5, 0.6) is 0 Å². The summed E-state index contributed by atoms with van der Waals surface area (Å²) in [4.78, 5) is 15.3. The SMILES string of the molecule is Cc1ccc2nc(C=O)n(CC(C)C)c2c1. The standard InChI is InChI=1S/C13H16N2O/c1-9(2)7-15-12-6-10(3)4-5-11(12)14-13(15)8-16/h4-6,8-9H,7H2,1-3H3. The van der Waals surface area contributed by atoms with E-state index in [0.717, 1.165) is 23.9 Å². The molecule has 0 spiro atoms. The Labute approximate surface area is 95.1 Å². The normalized spacial score (nSPS) is 11.2. The number of aryl methyl sites for hydroxylation is 1. The second-order valence-corrected chi connectivity index (χ2v) is 4.58. The van der Waals surface area contributed by atoms with Crippen molar-refractivity contribution in [2.24, 2.45) is 5.92 Å². The van der Waals surface area contributed by atoms with Gasteiger partial charge >= 0.3 is 0 Å². The van der Waals surface area contributed by atoms with Gasteiger partial charge in [0.25, 0.3) is 0 Å². The van der Waals surface area contributed by atoms with Crippen molar-refractivity contribution in [2.45, 2.75) is 27.3 Å². The molecule has 0 fully saturated rings. The molecule has 0 radical (unpaired) electrons. The first-order valence-corrected chi connectivity index (χ1v) is 5.54. The molecule has 0 saturated heterocycles. The van der Waals surface area contributed by atoms with Crippen molar-refractivity contribution >= 4 is 17.3 Å². The summed E-state index contributed by atoms with van der Waals surface area (Å²) in [5.41, 5.74) is 3.14. The molecule has 1 heterocycles. The molecule has 1 aromatic carbocycles. The Kier molecular flexibility index (Phi) is 2.77. The predicted molar refractivity (Wildman–Crippen MR) is 64.7 cm³/mol. The van der Waals surface area contributed by atoms with E-state index >= 15 is 0 Å². The molecular formula is C13H16N2O. The molecule has 16 heavy (non-hydrogen) atoms. The monoisotopic (exact) mass is 216 g/mol. The van der Waals surface area contributed by atoms with Gasteiger partial charge in [-0.3, -0.25) is 4.79 Å². The van der Waals surface area contributed by atoms with Crippen molar-refractivity contribution in [2.75, 3.05) is 0 Å². The van der Waals surface area contributed by atoms with Crippen molar-refractivity contribution in [1.29, 1.82) is 0 Å². The van der Waals surface area contributed by atoms with Crippen LogP contribution in [0.3, 0.4) is 0 Å². The molecule has 3 heteroatoms. The van der Waals surface area contributed by atoms with Gasteiger partial charge in [0.1, 0.15) is 0 Å². The number of benzene rings is 1. The van der Waals surface area contributed by atoms with Crippen molar-refractivity contribution in [1.82, 2.24) is 9.55 Å². The first-order chi connectivity index (χ1) is 7.61. The Bertz CT molecular complexity index is 526. The quantitative estimate of drug-likeness (QED) is 0.739. The number of carbonyl (C=O) groups is 1. The first-order valence-electron chi connectivity index (χ1n) is 5.54. The van der Waals surface area contributed by atoms with Crippen molar-refractivity contribution in [3.8, 4) is 0 Å². The second kappa shape index (κ2) is 4.08. The highest BCUT2D eigenvalue weighted by Crippen LogP contribution is 2.18. The average Bonchev–Trinajstić information content (AvgIpc) is 2.56. The van der Waals surface area contributed by atoms with Crippen LogP contribution < -0.4 is 0 Å². The van der Waals surface area contributed by atoms with E-state index in [9.17, 15) is 4.79 Å². The molecule has 3 nitrogen and oxygen atoms in total. The minimum absolute atomic E-state index is 0.497. The Hall–Kier alpha value is -1.64.